The first-order valence-electron chi connectivity index (χ1n) is 9.15. The van der Waals surface area contributed by atoms with Crippen molar-refractivity contribution in [2.75, 3.05) is 26.3 Å². The second-order valence-corrected chi connectivity index (χ2v) is 6.50. The maximum atomic E-state index is 11.9. The molecule has 0 unspecified atom stereocenters. The molecule has 2 fully saturated rings. The number of esters is 1. The lowest BCUT2D eigenvalue weighted by atomic mass is 9.95. The molecule has 1 aliphatic heterocycles. The van der Waals surface area contributed by atoms with E-state index >= 15 is 0 Å². The lowest BCUT2D eigenvalue weighted by molar-refractivity contribution is -0.144. The lowest BCUT2D eigenvalue weighted by Crippen LogP contribution is -2.47. The van der Waals surface area contributed by atoms with E-state index in [1.54, 1.807) is 11.8 Å². The predicted molar refractivity (Wildman–Crippen MR) is 91.9 cm³/mol. The fourth-order valence-corrected chi connectivity index (χ4v) is 3.19. The highest BCUT2D eigenvalue weighted by atomic mass is 16.6. The number of ether oxygens (including phenoxy) is 2. The summed E-state index contributed by atoms with van der Waals surface area (Å²) < 4.78 is 9.99. The van der Waals surface area contributed by atoms with Gasteiger partial charge in [-0.1, -0.05) is 12.0 Å². The highest BCUT2D eigenvalue weighted by Crippen LogP contribution is 2.22. The van der Waals surface area contributed by atoms with Crippen molar-refractivity contribution >= 4 is 18.0 Å². The third-order valence-corrected chi connectivity index (χ3v) is 4.55. The molecule has 1 N–H and O–H groups in total. The fraction of sp³-hybridized carbons (Fsp3) is 0.722. The fourth-order valence-electron chi connectivity index (χ4n) is 3.19. The molecule has 140 valence electrons. The summed E-state index contributed by atoms with van der Waals surface area (Å²) in [4.78, 5) is 36.9. The molecule has 0 atom stereocenters. The van der Waals surface area contributed by atoms with Crippen molar-refractivity contribution < 1.29 is 23.9 Å². The number of piperidine rings is 1. The van der Waals surface area contributed by atoms with Gasteiger partial charge in [0.1, 0.15) is 0 Å². The first-order valence-corrected chi connectivity index (χ1v) is 9.15. The molecule has 1 aliphatic carbocycles. The Hall–Kier alpha value is -2.05. The number of hydrogen-bond acceptors (Lipinski definition) is 5. The molecule has 1 saturated heterocycles. The minimum absolute atomic E-state index is 0.00595. The van der Waals surface area contributed by atoms with Crippen molar-refractivity contribution in [1.82, 2.24) is 10.2 Å². The average Bonchev–Trinajstić information content (AvgIpc) is 2.62. The van der Waals surface area contributed by atoms with Crippen LogP contribution >= 0.6 is 0 Å². The Labute approximate surface area is 148 Å². The molecule has 25 heavy (non-hydrogen) atoms. The van der Waals surface area contributed by atoms with Crippen LogP contribution < -0.4 is 5.32 Å². The van der Waals surface area contributed by atoms with Crippen molar-refractivity contribution in [2.45, 2.75) is 57.9 Å². The maximum absolute atomic E-state index is 11.9. The summed E-state index contributed by atoms with van der Waals surface area (Å²) in [5, 5.41) is 2.85. The average molecular weight is 352 g/mol. The van der Waals surface area contributed by atoms with Gasteiger partial charge in [0, 0.05) is 25.2 Å². The number of nitrogens with one attached hydrogen (secondary N) is 1. The Bertz CT molecular complexity index is 502. The summed E-state index contributed by atoms with van der Waals surface area (Å²) in [5.74, 6) is -0.742. The first-order chi connectivity index (χ1) is 12.1. The van der Waals surface area contributed by atoms with Crippen molar-refractivity contribution in [1.29, 1.82) is 0 Å². The van der Waals surface area contributed by atoms with E-state index in [4.69, 9.17) is 9.47 Å². The standard InChI is InChI=1S/C18H28N2O5/c1-2-24-18(23)20-10-8-15(9-11-20)19-16(21)13-25-17(22)12-14-6-4-3-5-7-14/h12,15H,2-11,13H2,1H3,(H,19,21). The van der Waals surface area contributed by atoms with Crippen LogP contribution in [0.25, 0.3) is 0 Å². The van der Waals surface area contributed by atoms with Crippen LogP contribution in [0.5, 0.6) is 0 Å². The van der Waals surface area contributed by atoms with E-state index in [1.807, 2.05) is 0 Å². The summed E-state index contributed by atoms with van der Waals surface area (Å²) >= 11 is 0. The number of carbonyl (C=O) groups is 3. The molecule has 0 bridgehead atoms. The zero-order valence-electron chi connectivity index (χ0n) is 14.9. The summed E-state index contributed by atoms with van der Waals surface area (Å²) in [6.45, 7) is 2.97. The second-order valence-electron chi connectivity index (χ2n) is 6.50. The Kier molecular flexibility index (Phi) is 7.76. The number of nitrogens with zero attached hydrogens (tertiary/aromatic N) is 1. The van der Waals surface area contributed by atoms with E-state index in [0.717, 1.165) is 31.3 Å². The Balaban J connectivity index is 1.64. The van der Waals surface area contributed by atoms with Crippen LogP contribution in [0.1, 0.15) is 51.9 Å². The summed E-state index contributed by atoms with van der Waals surface area (Å²) in [6, 6.07) is -0.00595. The van der Waals surface area contributed by atoms with Gasteiger partial charge < -0.3 is 19.7 Å². The molecule has 0 aromatic rings. The number of amides is 2. The van der Waals surface area contributed by atoms with Crippen LogP contribution in [0.4, 0.5) is 4.79 Å². The molecule has 2 aliphatic rings. The minimum atomic E-state index is -0.441. The number of allylic oxidation sites excluding steroid dienone is 1. The van der Waals surface area contributed by atoms with Crippen LogP contribution in [-0.2, 0) is 19.1 Å². The van der Waals surface area contributed by atoms with Crippen LogP contribution in [0.2, 0.25) is 0 Å². The van der Waals surface area contributed by atoms with Crippen LogP contribution in [0, 0.1) is 0 Å². The van der Waals surface area contributed by atoms with Gasteiger partial charge in [-0.25, -0.2) is 9.59 Å². The number of likely N-dealkylation sites (tertiary alicyclic amines) is 1. The van der Waals surface area contributed by atoms with Gasteiger partial charge in [-0.3, -0.25) is 4.79 Å². The lowest BCUT2D eigenvalue weighted by Gasteiger charge is -2.31. The summed E-state index contributed by atoms with van der Waals surface area (Å²) in [6.07, 6.45) is 7.89. The Morgan fingerprint density at radius 3 is 2.44 bits per heavy atom. The molecule has 2 rings (SSSR count). The molecular formula is C18H28N2O5. The van der Waals surface area contributed by atoms with Gasteiger partial charge >= 0.3 is 12.1 Å². The third kappa shape index (κ3) is 6.76. The molecule has 0 aromatic carbocycles. The predicted octanol–water partition coefficient (Wildman–Crippen LogP) is 2.16. The van der Waals surface area contributed by atoms with Gasteiger partial charge in [-0.2, -0.15) is 0 Å². The van der Waals surface area contributed by atoms with E-state index in [2.05, 4.69) is 5.32 Å². The second kappa shape index (κ2) is 10.1. The zero-order valence-corrected chi connectivity index (χ0v) is 14.9. The molecule has 0 radical (unpaired) electrons. The first kappa shape index (κ1) is 19.3. The van der Waals surface area contributed by atoms with Crippen LogP contribution in [0.3, 0.4) is 0 Å². The molecular weight excluding hydrogens is 324 g/mol. The quantitative estimate of drug-likeness (QED) is 0.605. The molecule has 1 saturated carbocycles. The zero-order chi connectivity index (χ0) is 18.1. The van der Waals surface area contributed by atoms with Crippen molar-refractivity contribution in [3.63, 3.8) is 0 Å². The Morgan fingerprint density at radius 1 is 1.12 bits per heavy atom. The van der Waals surface area contributed by atoms with Gasteiger partial charge in [0.25, 0.3) is 5.91 Å². The monoisotopic (exact) mass is 352 g/mol. The summed E-state index contributed by atoms with van der Waals surface area (Å²) in [7, 11) is 0. The highest BCUT2D eigenvalue weighted by molar-refractivity contribution is 5.86. The van der Waals surface area contributed by atoms with Crippen molar-refractivity contribution in [3.8, 4) is 0 Å². The summed E-state index contributed by atoms with van der Waals surface area (Å²) in [5.41, 5.74) is 1.11. The number of rotatable bonds is 5. The topological polar surface area (TPSA) is 84.9 Å². The molecule has 0 spiro atoms. The van der Waals surface area contributed by atoms with Gasteiger partial charge in [-0.05, 0) is 45.4 Å². The van der Waals surface area contributed by atoms with E-state index in [0.29, 0.717) is 32.5 Å². The highest BCUT2D eigenvalue weighted by Gasteiger charge is 2.24. The molecule has 7 nitrogen and oxygen atoms in total. The Morgan fingerprint density at radius 2 is 1.80 bits per heavy atom. The smallest absolute Gasteiger partial charge is 0.409 e. The normalized spacial score (nSPS) is 18.4. The molecule has 1 heterocycles. The number of hydrogen-bond donors (Lipinski definition) is 1. The molecule has 7 heteroatoms. The van der Waals surface area contributed by atoms with E-state index in [-0.39, 0.29) is 24.6 Å². The van der Waals surface area contributed by atoms with E-state index in [9.17, 15) is 14.4 Å². The maximum Gasteiger partial charge on any atom is 0.409 e. The minimum Gasteiger partial charge on any atom is -0.452 e. The van der Waals surface area contributed by atoms with Gasteiger partial charge in [-0.15, -0.1) is 0 Å². The van der Waals surface area contributed by atoms with E-state index < -0.39 is 5.97 Å². The van der Waals surface area contributed by atoms with Crippen molar-refractivity contribution in [2.24, 2.45) is 0 Å². The van der Waals surface area contributed by atoms with Crippen molar-refractivity contribution in [3.05, 3.63) is 11.6 Å². The third-order valence-electron chi connectivity index (χ3n) is 4.55. The van der Waals surface area contributed by atoms with Gasteiger partial charge in [0.2, 0.25) is 0 Å². The molecule has 2 amide bonds. The molecule has 0 aromatic heterocycles. The SMILES string of the molecule is CCOC(=O)N1CCC(NC(=O)COC(=O)C=C2CCCCC2)CC1. The van der Waals surface area contributed by atoms with Gasteiger partial charge in [0.05, 0.1) is 6.61 Å². The van der Waals surface area contributed by atoms with E-state index in [1.165, 1.54) is 12.5 Å². The van der Waals surface area contributed by atoms with Gasteiger partial charge in [0.15, 0.2) is 6.61 Å². The number of carbonyl (C=O) groups excluding carboxylic acids is 3. The van der Waals surface area contributed by atoms with Crippen LogP contribution in [0.15, 0.2) is 11.6 Å². The van der Waals surface area contributed by atoms with Crippen LogP contribution in [-0.4, -0.2) is 55.2 Å². The largest absolute Gasteiger partial charge is 0.452 e.